The van der Waals surface area contributed by atoms with Crippen LogP contribution in [0, 0.1) is 5.41 Å². The summed E-state index contributed by atoms with van der Waals surface area (Å²) in [7, 11) is 1.40. The lowest BCUT2D eigenvalue weighted by atomic mass is 9.92. The van der Waals surface area contributed by atoms with Gasteiger partial charge in [0.05, 0.1) is 24.6 Å². The third kappa shape index (κ3) is 5.30. The second-order valence-corrected chi connectivity index (χ2v) is 9.88. The molecule has 0 aliphatic carbocycles. The molecule has 4 rings (SSSR count). The van der Waals surface area contributed by atoms with E-state index in [2.05, 4.69) is 53.5 Å². The molecule has 0 bridgehead atoms. The zero-order valence-corrected chi connectivity index (χ0v) is 19.7. The first-order valence-electron chi connectivity index (χ1n) is 11.4. The molecule has 32 heavy (non-hydrogen) atoms. The molecule has 1 fully saturated rings. The maximum Gasteiger partial charge on any atom is 0.337 e. The summed E-state index contributed by atoms with van der Waals surface area (Å²) in [6.07, 6.45) is 5.32. The van der Waals surface area contributed by atoms with Crippen LogP contribution in [0.3, 0.4) is 0 Å². The van der Waals surface area contributed by atoms with Crippen LogP contribution in [0.2, 0.25) is 0 Å². The number of hydrogen-bond donors (Lipinski definition) is 0. The maximum absolute atomic E-state index is 11.6. The predicted octanol–water partition coefficient (Wildman–Crippen LogP) is 4.43. The predicted molar refractivity (Wildman–Crippen MR) is 129 cm³/mol. The standard InChI is InChI=1S/C26H34N4O2/c1-26(2,3)10-12-28-13-15-29(16-14-28)23-17-22-9-11-30(24(22)27-18-23)19-20-5-7-21(8-6-20)25(31)32-4/h5-9,11,17-18H,10,12-16,19H2,1-4H3. The Balaban J connectivity index is 1.39. The fourth-order valence-electron chi connectivity index (χ4n) is 4.15. The minimum atomic E-state index is -0.313. The number of pyridine rings is 1. The summed E-state index contributed by atoms with van der Waals surface area (Å²) in [5.41, 5.74) is 4.26. The van der Waals surface area contributed by atoms with Gasteiger partial charge in [0, 0.05) is 44.3 Å². The molecule has 2 aromatic heterocycles. The highest BCUT2D eigenvalue weighted by molar-refractivity contribution is 5.89. The third-order valence-electron chi connectivity index (χ3n) is 6.23. The van der Waals surface area contributed by atoms with Gasteiger partial charge in [-0.05, 0) is 48.2 Å². The number of ether oxygens (including phenoxy) is 1. The number of hydrogen-bond acceptors (Lipinski definition) is 5. The number of esters is 1. The van der Waals surface area contributed by atoms with Crippen molar-refractivity contribution >= 4 is 22.7 Å². The van der Waals surface area contributed by atoms with Gasteiger partial charge in [-0.3, -0.25) is 4.90 Å². The van der Waals surface area contributed by atoms with Gasteiger partial charge in [-0.2, -0.15) is 0 Å². The summed E-state index contributed by atoms with van der Waals surface area (Å²) < 4.78 is 6.92. The van der Waals surface area contributed by atoms with Crippen LogP contribution in [0.4, 0.5) is 5.69 Å². The van der Waals surface area contributed by atoms with Crippen molar-refractivity contribution in [3.63, 3.8) is 0 Å². The third-order valence-corrected chi connectivity index (χ3v) is 6.23. The Morgan fingerprint density at radius 1 is 1.06 bits per heavy atom. The van der Waals surface area contributed by atoms with Crippen LogP contribution in [0.5, 0.6) is 0 Å². The first kappa shape index (κ1) is 22.3. The quantitative estimate of drug-likeness (QED) is 0.537. The Labute approximate surface area is 190 Å². The second kappa shape index (κ2) is 9.33. The zero-order chi connectivity index (χ0) is 22.7. The molecule has 0 radical (unpaired) electrons. The molecule has 0 atom stereocenters. The average Bonchev–Trinajstić information content (AvgIpc) is 3.19. The lowest BCUT2D eigenvalue weighted by Gasteiger charge is -2.37. The molecule has 6 nitrogen and oxygen atoms in total. The number of rotatable bonds is 6. The molecular weight excluding hydrogens is 400 g/mol. The van der Waals surface area contributed by atoms with Crippen LogP contribution >= 0.6 is 0 Å². The molecule has 0 saturated carbocycles. The molecule has 170 valence electrons. The summed E-state index contributed by atoms with van der Waals surface area (Å²) in [6, 6.07) is 11.9. The average molecular weight is 435 g/mol. The fraction of sp³-hybridized carbons (Fsp3) is 0.462. The first-order chi connectivity index (χ1) is 15.3. The highest BCUT2D eigenvalue weighted by Gasteiger charge is 2.20. The summed E-state index contributed by atoms with van der Waals surface area (Å²) >= 11 is 0. The monoisotopic (exact) mass is 434 g/mol. The van der Waals surface area contributed by atoms with Crippen LogP contribution in [0.1, 0.15) is 43.1 Å². The van der Waals surface area contributed by atoms with Gasteiger partial charge >= 0.3 is 5.97 Å². The number of anilines is 1. The minimum Gasteiger partial charge on any atom is -0.465 e. The van der Waals surface area contributed by atoms with Crippen molar-refractivity contribution in [2.24, 2.45) is 5.41 Å². The number of aromatic nitrogens is 2. The van der Waals surface area contributed by atoms with Crippen molar-refractivity contribution in [3.8, 4) is 0 Å². The summed E-state index contributed by atoms with van der Waals surface area (Å²) in [5.74, 6) is -0.313. The zero-order valence-electron chi connectivity index (χ0n) is 19.7. The van der Waals surface area contributed by atoms with E-state index in [4.69, 9.17) is 9.72 Å². The molecule has 0 N–H and O–H groups in total. The van der Waals surface area contributed by atoms with Crippen LogP contribution in [0.25, 0.3) is 11.0 Å². The van der Waals surface area contributed by atoms with Crippen LogP contribution < -0.4 is 4.90 Å². The van der Waals surface area contributed by atoms with Crippen molar-refractivity contribution < 1.29 is 9.53 Å². The van der Waals surface area contributed by atoms with Crippen molar-refractivity contribution in [3.05, 3.63) is 59.9 Å². The second-order valence-electron chi connectivity index (χ2n) is 9.88. The van der Waals surface area contributed by atoms with Crippen molar-refractivity contribution in [2.75, 3.05) is 44.7 Å². The Hall–Kier alpha value is -2.86. The highest BCUT2D eigenvalue weighted by Crippen LogP contribution is 2.24. The Kier molecular flexibility index (Phi) is 6.51. The van der Waals surface area contributed by atoms with Crippen LogP contribution in [0.15, 0.2) is 48.8 Å². The van der Waals surface area contributed by atoms with Crippen molar-refractivity contribution in [1.29, 1.82) is 0 Å². The summed E-state index contributed by atoms with van der Waals surface area (Å²) in [5, 5.41) is 1.16. The molecular formula is C26H34N4O2. The van der Waals surface area contributed by atoms with Gasteiger partial charge in [-0.25, -0.2) is 9.78 Å². The normalized spacial score (nSPS) is 15.3. The minimum absolute atomic E-state index is 0.313. The van der Waals surface area contributed by atoms with Gasteiger partial charge < -0.3 is 14.2 Å². The molecule has 1 aliphatic rings. The number of benzene rings is 1. The van der Waals surface area contributed by atoms with E-state index in [1.807, 2.05) is 18.3 Å². The van der Waals surface area contributed by atoms with E-state index < -0.39 is 0 Å². The molecule has 0 unspecified atom stereocenters. The molecule has 1 aliphatic heterocycles. The van der Waals surface area contributed by atoms with Gasteiger partial charge in [0.1, 0.15) is 5.65 Å². The van der Waals surface area contributed by atoms with Crippen LogP contribution in [-0.2, 0) is 11.3 Å². The number of nitrogens with zero attached hydrogens (tertiary/aromatic N) is 4. The van der Waals surface area contributed by atoms with E-state index in [1.54, 1.807) is 12.1 Å². The Morgan fingerprint density at radius 3 is 2.44 bits per heavy atom. The number of fused-ring (bicyclic) bond motifs is 1. The number of piperazine rings is 1. The number of carbonyl (C=O) groups is 1. The molecule has 0 spiro atoms. The van der Waals surface area contributed by atoms with Gasteiger partial charge in [-0.15, -0.1) is 0 Å². The lowest BCUT2D eigenvalue weighted by molar-refractivity contribution is 0.0600. The topological polar surface area (TPSA) is 50.6 Å². The van der Waals surface area contributed by atoms with Crippen molar-refractivity contribution in [2.45, 2.75) is 33.7 Å². The van der Waals surface area contributed by atoms with E-state index in [9.17, 15) is 4.79 Å². The Morgan fingerprint density at radius 2 is 1.78 bits per heavy atom. The van der Waals surface area contributed by atoms with Gasteiger partial charge in [0.15, 0.2) is 0 Å². The van der Waals surface area contributed by atoms with E-state index in [0.29, 0.717) is 17.5 Å². The van der Waals surface area contributed by atoms with Crippen molar-refractivity contribution in [1.82, 2.24) is 14.5 Å². The molecule has 3 aromatic rings. The van der Waals surface area contributed by atoms with Gasteiger partial charge in [0.2, 0.25) is 0 Å². The van der Waals surface area contributed by atoms with E-state index in [-0.39, 0.29) is 5.97 Å². The highest BCUT2D eigenvalue weighted by atomic mass is 16.5. The van der Waals surface area contributed by atoms with E-state index >= 15 is 0 Å². The molecule has 1 saturated heterocycles. The largest absolute Gasteiger partial charge is 0.465 e. The molecule has 0 amide bonds. The number of carbonyl (C=O) groups excluding carboxylic acids is 1. The SMILES string of the molecule is COC(=O)c1ccc(Cn2ccc3cc(N4CCN(CCC(C)(C)C)CC4)cnc32)cc1. The van der Waals surface area contributed by atoms with E-state index in [0.717, 1.165) is 42.8 Å². The summed E-state index contributed by atoms with van der Waals surface area (Å²) in [4.78, 5) is 21.4. The molecule has 6 heteroatoms. The molecule has 1 aromatic carbocycles. The van der Waals surface area contributed by atoms with Gasteiger partial charge in [0.25, 0.3) is 0 Å². The summed E-state index contributed by atoms with van der Waals surface area (Å²) in [6.45, 7) is 13.1. The van der Waals surface area contributed by atoms with Crippen LogP contribution in [-0.4, -0.2) is 60.3 Å². The maximum atomic E-state index is 11.6. The molecule has 3 heterocycles. The Bertz CT molecular complexity index is 1060. The lowest BCUT2D eigenvalue weighted by Crippen LogP contribution is -2.47. The smallest absolute Gasteiger partial charge is 0.337 e. The number of methoxy groups -OCH3 is 1. The van der Waals surface area contributed by atoms with E-state index in [1.165, 1.54) is 25.8 Å². The fourth-order valence-corrected chi connectivity index (χ4v) is 4.15. The van der Waals surface area contributed by atoms with Gasteiger partial charge in [-0.1, -0.05) is 32.9 Å². The first-order valence-corrected chi connectivity index (χ1v) is 11.4.